The Kier molecular flexibility index (Phi) is 9.21. The summed E-state index contributed by atoms with van der Waals surface area (Å²) in [7, 11) is 0. The second-order valence-electron chi connectivity index (χ2n) is 7.07. The predicted octanol–water partition coefficient (Wildman–Crippen LogP) is 6.06. The van der Waals surface area contributed by atoms with Gasteiger partial charge in [0.05, 0.1) is 11.6 Å². The Morgan fingerprint density at radius 2 is 1.71 bits per heavy atom. The zero-order valence-corrected chi connectivity index (χ0v) is 20.1. The Morgan fingerprint density at radius 1 is 0.941 bits per heavy atom. The van der Waals surface area contributed by atoms with Gasteiger partial charge in [0.2, 0.25) is 5.91 Å². The standard InChI is InChI=1S/C24H20Cl2FN3O3S/c25-16-6-11-21(20(26)14-16)33-12-2-5-22(31)30-24(34)29-19-4-1-3-15(13-19)23(32)28-18-9-7-17(27)8-10-18/h1,3-4,6-11,13-14H,2,5,12H2,(H,28,32)(H2,29,30,31,34). The molecule has 3 rings (SSSR count). The van der Waals surface area contributed by atoms with Gasteiger partial charge in [-0.15, -0.1) is 0 Å². The van der Waals surface area contributed by atoms with Gasteiger partial charge < -0.3 is 20.7 Å². The lowest BCUT2D eigenvalue weighted by atomic mass is 10.2. The smallest absolute Gasteiger partial charge is 0.255 e. The molecule has 0 fully saturated rings. The molecule has 0 saturated carbocycles. The summed E-state index contributed by atoms with van der Waals surface area (Å²) in [4.78, 5) is 24.6. The molecule has 3 aromatic carbocycles. The summed E-state index contributed by atoms with van der Waals surface area (Å²) in [5, 5.41) is 9.16. The minimum atomic E-state index is -0.391. The first-order chi connectivity index (χ1) is 16.3. The van der Waals surface area contributed by atoms with Crippen LogP contribution in [0.4, 0.5) is 15.8 Å². The molecular weight excluding hydrogens is 500 g/mol. The van der Waals surface area contributed by atoms with E-state index in [4.69, 9.17) is 40.2 Å². The second kappa shape index (κ2) is 12.3. The monoisotopic (exact) mass is 519 g/mol. The minimum absolute atomic E-state index is 0.0998. The number of hydrogen-bond acceptors (Lipinski definition) is 4. The number of carbonyl (C=O) groups excluding carboxylic acids is 2. The SMILES string of the molecule is O=C(CCCOc1ccc(Cl)cc1Cl)NC(=S)Nc1cccc(C(=O)Nc2ccc(F)cc2)c1. The molecule has 3 aromatic rings. The van der Waals surface area contributed by atoms with Crippen LogP contribution in [0.3, 0.4) is 0 Å². The molecule has 0 unspecified atom stereocenters. The first kappa shape index (κ1) is 25.4. The van der Waals surface area contributed by atoms with Gasteiger partial charge in [-0.3, -0.25) is 9.59 Å². The molecule has 0 spiro atoms. The molecule has 0 bridgehead atoms. The summed E-state index contributed by atoms with van der Waals surface area (Å²) in [5.41, 5.74) is 1.36. The van der Waals surface area contributed by atoms with E-state index in [1.54, 1.807) is 42.5 Å². The van der Waals surface area contributed by atoms with Crippen molar-refractivity contribution in [3.63, 3.8) is 0 Å². The largest absolute Gasteiger partial charge is 0.492 e. The zero-order chi connectivity index (χ0) is 24.5. The highest BCUT2D eigenvalue weighted by Crippen LogP contribution is 2.27. The lowest BCUT2D eigenvalue weighted by Crippen LogP contribution is -2.34. The number of ether oxygens (including phenoxy) is 1. The molecule has 34 heavy (non-hydrogen) atoms. The normalized spacial score (nSPS) is 10.3. The summed E-state index contributed by atoms with van der Waals surface area (Å²) in [6.45, 7) is 0.292. The van der Waals surface area contributed by atoms with Crippen LogP contribution in [0.25, 0.3) is 0 Å². The van der Waals surface area contributed by atoms with Crippen LogP contribution >= 0.6 is 35.4 Å². The van der Waals surface area contributed by atoms with Gasteiger partial charge in [0, 0.05) is 28.4 Å². The van der Waals surface area contributed by atoms with E-state index in [2.05, 4.69) is 16.0 Å². The van der Waals surface area contributed by atoms with E-state index >= 15 is 0 Å². The summed E-state index contributed by atoms with van der Waals surface area (Å²) in [6, 6.07) is 16.9. The number of rotatable bonds is 8. The van der Waals surface area contributed by atoms with Crippen molar-refractivity contribution >= 4 is 63.7 Å². The number of nitrogens with one attached hydrogen (secondary N) is 3. The highest BCUT2D eigenvalue weighted by atomic mass is 35.5. The second-order valence-corrected chi connectivity index (χ2v) is 8.32. The number of hydrogen-bond donors (Lipinski definition) is 3. The number of benzene rings is 3. The van der Waals surface area contributed by atoms with Gasteiger partial charge in [0.15, 0.2) is 5.11 Å². The third kappa shape index (κ3) is 7.98. The van der Waals surface area contributed by atoms with Gasteiger partial charge in [-0.25, -0.2) is 4.39 Å². The van der Waals surface area contributed by atoms with Gasteiger partial charge in [0.1, 0.15) is 11.6 Å². The Hall–Kier alpha value is -3.20. The summed E-state index contributed by atoms with van der Waals surface area (Å²) < 4.78 is 18.6. The summed E-state index contributed by atoms with van der Waals surface area (Å²) in [6.07, 6.45) is 0.638. The number of carbonyl (C=O) groups is 2. The number of thiocarbonyl (C=S) groups is 1. The molecule has 0 heterocycles. The number of amides is 2. The van der Waals surface area contributed by atoms with E-state index in [9.17, 15) is 14.0 Å². The topological polar surface area (TPSA) is 79.5 Å². The van der Waals surface area contributed by atoms with Gasteiger partial charge in [0.25, 0.3) is 5.91 Å². The van der Waals surface area contributed by atoms with Crippen molar-refractivity contribution in [1.82, 2.24) is 5.32 Å². The average molecular weight is 520 g/mol. The van der Waals surface area contributed by atoms with Crippen LogP contribution in [0.2, 0.25) is 10.0 Å². The van der Waals surface area contributed by atoms with Crippen molar-refractivity contribution in [2.45, 2.75) is 12.8 Å². The lowest BCUT2D eigenvalue weighted by molar-refractivity contribution is -0.119. The Balaban J connectivity index is 1.43. The van der Waals surface area contributed by atoms with Crippen LogP contribution in [0.5, 0.6) is 5.75 Å². The fourth-order valence-corrected chi connectivity index (χ4v) is 3.53. The van der Waals surface area contributed by atoms with Crippen molar-refractivity contribution < 1.29 is 18.7 Å². The van der Waals surface area contributed by atoms with Crippen LogP contribution in [-0.2, 0) is 4.79 Å². The minimum Gasteiger partial charge on any atom is -0.492 e. The summed E-state index contributed by atoms with van der Waals surface area (Å²) >= 11 is 17.1. The average Bonchev–Trinajstić information content (AvgIpc) is 2.79. The molecule has 0 aliphatic carbocycles. The van der Waals surface area contributed by atoms with E-state index in [-0.39, 0.29) is 23.3 Å². The summed E-state index contributed by atoms with van der Waals surface area (Å²) in [5.74, 6) is -0.551. The molecule has 10 heteroatoms. The first-order valence-corrected chi connectivity index (χ1v) is 11.3. The van der Waals surface area contributed by atoms with Crippen molar-refractivity contribution in [3.8, 4) is 5.75 Å². The molecule has 0 atom stereocenters. The predicted molar refractivity (Wildman–Crippen MR) is 136 cm³/mol. The molecule has 0 aliphatic heterocycles. The van der Waals surface area contributed by atoms with E-state index in [0.717, 1.165) is 0 Å². The molecule has 0 aromatic heterocycles. The Bertz CT molecular complexity index is 1190. The molecule has 176 valence electrons. The molecule has 0 radical (unpaired) electrons. The number of halogens is 3. The third-order valence-electron chi connectivity index (χ3n) is 4.44. The fourth-order valence-electron chi connectivity index (χ4n) is 2.83. The Morgan fingerprint density at radius 3 is 2.44 bits per heavy atom. The van der Waals surface area contributed by atoms with E-state index in [1.165, 1.54) is 24.3 Å². The van der Waals surface area contributed by atoms with Gasteiger partial charge in [-0.2, -0.15) is 0 Å². The molecule has 3 N–H and O–H groups in total. The van der Waals surface area contributed by atoms with Crippen molar-refractivity contribution in [3.05, 3.63) is 88.2 Å². The van der Waals surface area contributed by atoms with E-state index in [0.29, 0.717) is 45.8 Å². The fraction of sp³-hybridized carbons (Fsp3) is 0.125. The highest BCUT2D eigenvalue weighted by molar-refractivity contribution is 7.80. The van der Waals surface area contributed by atoms with Crippen LogP contribution < -0.4 is 20.7 Å². The molecule has 0 aliphatic rings. The van der Waals surface area contributed by atoms with Crippen molar-refractivity contribution in [2.75, 3.05) is 17.2 Å². The molecular formula is C24H20Cl2FN3O3S. The van der Waals surface area contributed by atoms with Crippen LogP contribution in [-0.4, -0.2) is 23.5 Å². The lowest BCUT2D eigenvalue weighted by Gasteiger charge is -2.11. The van der Waals surface area contributed by atoms with Crippen LogP contribution in [0.15, 0.2) is 66.7 Å². The van der Waals surface area contributed by atoms with Crippen molar-refractivity contribution in [1.29, 1.82) is 0 Å². The van der Waals surface area contributed by atoms with E-state index in [1.807, 2.05) is 0 Å². The van der Waals surface area contributed by atoms with Gasteiger partial charge in [-0.05, 0) is 79.3 Å². The maximum absolute atomic E-state index is 13.0. The third-order valence-corrected chi connectivity index (χ3v) is 5.17. The maximum Gasteiger partial charge on any atom is 0.255 e. The zero-order valence-electron chi connectivity index (χ0n) is 17.7. The van der Waals surface area contributed by atoms with Crippen LogP contribution in [0.1, 0.15) is 23.2 Å². The van der Waals surface area contributed by atoms with Crippen LogP contribution in [0, 0.1) is 5.82 Å². The van der Waals surface area contributed by atoms with Crippen molar-refractivity contribution in [2.24, 2.45) is 0 Å². The molecule has 6 nitrogen and oxygen atoms in total. The quantitative estimate of drug-likeness (QED) is 0.249. The Labute approximate surface area is 211 Å². The molecule has 2 amide bonds. The van der Waals surface area contributed by atoms with Gasteiger partial charge >= 0.3 is 0 Å². The maximum atomic E-state index is 13.0. The van der Waals surface area contributed by atoms with E-state index < -0.39 is 5.82 Å². The molecule has 0 saturated heterocycles. The first-order valence-electron chi connectivity index (χ1n) is 10.2. The van der Waals surface area contributed by atoms with Gasteiger partial charge in [-0.1, -0.05) is 29.3 Å². The highest BCUT2D eigenvalue weighted by Gasteiger charge is 2.10. The number of anilines is 2.